The van der Waals surface area contributed by atoms with Gasteiger partial charge in [0.15, 0.2) is 0 Å². The third kappa shape index (κ3) is 3.90. The molecule has 0 aliphatic rings. The van der Waals surface area contributed by atoms with Crippen LogP contribution in [-0.2, 0) is 0 Å². The molecule has 0 radical (unpaired) electrons. The van der Waals surface area contributed by atoms with Crippen molar-refractivity contribution in [2.45, 2.75) is 0 Å². The van der Waals surface area contributed by atoms with E-state index in [0.29, 0.717) is 0 Å². The molecule has 0 fully saturated rings. The highest BCUT2D eigenvalue weighted by Crippen LogP contribution is 2.41. The normalized spacial score (nSPS) is 11.7. The second-order valence-corrected chi connectivity index (χ2v) is 12.3. The lowest BCUT2D eigenvalue weighted by Crippen LogP contribution is -1.86. The van der Waals surface area contributed by atoms with Gasteiger partial charge in [0.2, 0.25) is 0 Å². The maximum absolute atomic E-state index is 2.37. The van der Waals surface area contributed by atoms with Crippen LogP contribution in [0.2, 0.25) is 0 Å². The number of fused-ring (bicyclic) bond motifs is 9. The Morgan fingerprint density at radius 1 is 0.279 bits per heavy atom. The van der Waals surface area contributed by atoms with E-state index >= 15 is 0 Å². The molecule has 1 aromatic heterocycles. The van der Waals surface area contributed by atoms with Crippen molar-refractivity contribution in [2.75, 3.05) is 0 Å². The molecule has 0 bridgehead atoms. The highest BCUT2D eigenvalue weighted by molar-refractivity contribution is 7.26. The molecular formula is C42H26S. The lowest BCUT2D eigenvalue weighted by Gasteiger charge is -2.13. The molecule has 0 aliphatic carbocycles. The first-order valence-electron chi connectivity index (χ1n) is 14.8. The van der Waals surface area contributed by atoms with Gasteiger partial charge in [0.05, 0.1) is 0 Å². The number of hydrogen-bond acceptors (Lipinski definition) is 1. The van der Waals surface area contributed by atoms with E-state index < -0.39 is 0 Å². The minimum absolute atomic E-state index is 1.23. The highest BCUT2D eigenvalue weighted by Gasteiger charge is 2.12. The Labute approximate surface area is 254 Å². The molecule has 9 aromatic rings. The van der Waals surface area contributed by atoms with E-state index in [2.05, 4.69) is 158 Å². The van der Waals surface area contributed by atoms with Gasteiger partial charge in [0.1, 0.15) is 0 Å². The summed E-state index contributed by atoms with van der Waals surface area (Å²) in [6.45, 7) is 0. The van der Waals surface area contributed by atoms with E-state index in [9.17, 15) is 0 Å². The van der Waals surface area contributed by atoms with Gasteiger partial charge >= 0.3 is 0 Å². The molecule has 0 nitrogen and oxygen atoms in total. The SMILES string of the molecule is c1cc(-c2ccc(-c3cccc4c3sc3ccccc34)cc2)cc(-c2ccc3c4ccccc4c4ccccc4c3c2)c1. The Morgan fingerprint density at radius 2 is 0.767 bits per heavy atom. The van der Waals surface area contributed by atoms with Gasteiger partial charge in [-0.25, -0.2) is 0 Å². The Hall–Kier alpha value is -5.24. The smallest absolute Gasteiger partial charge is 0.0433 e. The van der Waals surface area contributed by atoms with E-state index in [1.807, 2.05) is 11.3 Å². The summed E-state index contributed by atoms with van der Waals surface area (Å²) in [6.07, 6.45) is 0. The predicted molar refractivity (Wildman–Crippen MR) is 188 cm³/mol. The van der Waals surface area contributed by atoms with Crippen molar-refractivity contribution in [3.63, 3.8) is 0 Å². The van der Waals surface area contributed by atoms with E-state index in [-0.39, 0.29) is 0 Å². The molecule has 43 heavy (non-hydrogen) atoms. The van der Waals surface area contributed by atoms with Gasteiger partial charge in [0, 0.05) is 20.2 Å². The van der Waals surface area contributed by atoms with E-state index in [1.54, 1.807) is 0 Å². The maximum atomic E-state index is 2.37. The summed E-state index contributed by atoms with van der Waals surface area (Å²) in [4.78, 5) is 0. The van der Waals surface area contributed by atoms with Crippen LogP contribution < -0.4 is 0 Å². The third-order valence-electron chi connectivity index (χ3n) is 8.87. The topological polar surface area (TPSA) is 0 Å². The highest BCUT2D eigenvalue weighted by atomic mass is 32.1. The molecule has 9 rings (SSSR count). The van der Waals surface area contributed by atoms with Gasteiger partial charge in [-0.15, -0.1) is 11.3 Å². The monoisotopic (exact) mass is 562 g/mol. The number of thiophene rings is 1. The molecule has 0 saturated carbocycles. The van der Waals surface area contributed by atoms with Gasteiger partial charge in [-0.3, -0.25) is 0 Å². The minimum Gasteiger partial charge on any atom is -0.135 e. The first-order chi connectivity index (χ1) is 21.3. The molecule has 0 atom stereocenters. The predicted octanol–water partition coefficient (Wildman–Crippen LogP) is 12.5. The zero-order valence-corrected chi connectivity index (χ0v) is 24.2. The largest absolute Gasteiger partial charge is 0.135 e. The van der Waals surface area contributed by atoms with Crippen molar-refractivity contribution < 1.29 is 0 Å². The molecule has 0 spiro atoms. The van der Waals surface area contributed by atoms with Crippen LogP contribution >= 0.6 is 11.3 Å². The molecule has 8 aromatic carbocycles. The van der Waals surface area contributed by atoms with E-state index in [1.165, 1.54) is 85.9 Å². The van der Waals surface area contributed by atoms with Gasteiger partial charge in [-0.2, -0.15) is 0 Å². The molecule has 0 amide bonds. The summed E-state index contributed by atoms with van der Waals surface area (Å²) >= 11 is 1.88. The van der Waals surface area contributed by atoms with Gasteiger partial charge in [0.25, 0.3) is 0 Å². The van der Waals surface area contributed by atoms with Gasteiger partial charge < -0.3 is 0 Å². The number of rotatable bonds is 3. The van der Waals surface area contributed by atoms with Gasteiger partial charge in [-0.1, -0.05) is 140 Å². The average molecular weight is 563 g/mol. The first kappa shape index (κ1) is 24.4. The second-order valence-electron chi connectivity index (χ2n) is 11.3. The van der Waals surface area contributed by atoms with Crippen LogP contribution in [0.1, 0.15) is 0 Å². The van der Waals surface area contributed by atoms with Crippen LogP contribution in [0.4, 0.5) is 0 Å². The molecule has 200 valence electrons. The van der Waals surface area contributed by atoms with Crippen molar-refractivity contribution in [2.24, 2.45) is 0 Å². The number of benzene rings is 8. The average Bonchev–Trinajstić information content (AvgIpc) is 3.47. The molecule has 1 heteroatoms. The summed E-state index contributed by atoms with van der Waals surface area (Å²) in [5, 5.41) is 10.5. The summed E-state index contributed by atoms with van der Waals surface area (Å²) in [7, 11) is 0. The van der Waals surface area contributed by atoms with Crippen LogP contribution in [-0.4, -0.2) is 0 Å². The van der Waals surface area contributed by atoms with Crippen molar-refractivity contribution in [3.8, 4) is 33.4 Å². The molecule has 0 saturated heterocycles. The van der Waals surface area contributed by atoms with Crippen LogP contribution in [0.5, 0.6) is 0 Å². The molecule has 1 heterocycles. The quantitative estimate of drug-likeness (QED) is 0.188. The number of hydrogen-bond donors (Lipinski definition) is 0. The fraction of sp³-hybridized carbons (Fsp3) is 0. The maximum Gasteiger partial charge on any atom is 0.0433 e. The third-order valence-corrected chi connectivity index (χ3v) is 10.1. The Balaban J connectivity index is 1.12. The zero-order valence-electron chi connectivity index (χ0n) is 23.4. The molecular weight excluding hydrogens is 537 g/mol. The lowest BCUT2D eigenvalue weighted by molar-refractivity contribution is 1.59. The standard InChI is InChI=1S/C42H26S/c1-2-13-35-33(11-1)34-12-3-4-14-36(34)40-26-31(23-24-37(35)40)30-10-7-9-29(25-30)27-19-21-28(22-20-27)32-16-8-17-39-38-15-5-6-18-41(38)43-42(32)39/h1-26H. The molecule has 0 N–H and O–H groups in total. The Bertz CT molecular complexity index is 2460. The van der Waals surface area contributed by atoms with Crippen LogP contribution in [0.3, 0.4) is 0 Å². The fourth-order valence-electron chi connectivity index (χ4n) is 6.78. The first-order valence-corrected chi connectivity index (χ1v) is 15.6. The zero-order chi connectivity index (χ0) is 28.3. The summed E-state index contributed by atoms with van der Waals surface area (Å²) in [6, 6.07) is 57.9. The van der Waals surface area contributed by atoms with Crippen LogP contribution in [0.15, 0.2) is 158 Å². The van der Waals surface area contributed by atoms with Crippen LogP contribution in [0.25, 0.3) is 85.9 Å². The van der Waals surface area contributed by atoms with Crippen LogP contribution in [0, 0.1) is 0 Å². The second kappa shape index (κ2) is 9.66. The minimum atomic E-state index is 1.23. The Kier molecular flexibility index (Phi) is 5.47. The summed E-state index contributed by atoms with van der Waals surface area (Å²) < 4.78 is 2.70. The van der Waals surface area contributed by atoms with Crippen molar-refractivity contribution in [1.82, 2.24) is 0 Å². The van der Waals surface area contributed by atoms with E-state index in [0.717, 1.165) is 0 Å². The van der Waals surface area contributed by atoms with Crippen molar-refractivity contribution >= 4 is 63.8 Å². The van der Waals surface area contributed by atoms with E-state index in [4.69, 9.17) is 0 Å². The lowest BCUT2D eigenvalue weighted by atomic mass is 9.91. The van der Waals surface area contributed by atoms with Gasteiger partial charge in [-0.05, 0) is 83.9 Å². The summed E-state index contributed by atoms with van der Waals surface area (Å²) in [5.74, 6) is 0. The van der Waals surface area contributed by atoms with Crippen molar-refractivity contribution in [3.05, 3.63) is 158 Å². The summed E-state index contributed by atoms with van der Waals surface area (Å²) in [5.41, 5.74) is 7.48. The fourth-order valence-corrected chi connectivity index (χ4v) is 8.02. The van der Waals surface area contributed by atoms with Crippen molar-refractivity contribution in [1.29, 1.82) is 0 Å². The molecule has 0 aliphatic heterocycles. The Morgan fingerprint density at radius 3 is 1.49 bits per heavy atom. The molecule has 0 unspecified atom stereocenters.